The number of hydrogen-bond donors (Lipinski definition) is 3. The van der Waals surface area contributed by atoms with Crippen molar-refractivity contribution in [3.05, 3.63) is 88.5 Å². The first-order chi connectivity index (χ1) is 16.6. The minimum atomic E-state index is -0.309. The van der Waals surface area contributed by atoms with E-state index in [0.717, 1.165) is 27.3 Å². The van der Waals surface area contributed by atoms with Gasteiger partial charge in [-0.2, -0.15) is 0 Å². The van der Waals surface area contributed by atoms with Gasteiger partial charge in [-0.15, -0.1) is 11.3 Å². The quantitative estimate of drug-likeness (QED) is 0.336. The number of para-hydroxylation sites is 1. The summed E-state index contributed by atoms with van der Waals surface area (Å²) in [5.74, 6) is 0. The Morgan fingerprint density at radius 1 is 1.15 bits per heavy atom. The van der Waals surface area contributed by atoms with Crippen LogP contribution < -0.4 is 16.2 Å². The van der Waals surface area contributed by atoms with E-state index >= 15 is 0 Å². The van der Waals surface area contributed by atoms with Gasteiger partial charge in [0.1, 0.15) is 11.0 Å². The van der Waals surface area contributed by atoms with Crippen molar-refractivity contribution in [1.82, 2.24) is 24.8 Å². The maximum absolute atomic E-state index is 13.0. The van der Waals surface area contributed by atoms with Crippen molar-refractivity contribution in [1.29, 1.82) is 0 Å². The molecule has 5 rings (SSSR count). The van der Waals surface area contributed by atoms with E-state index in [1.807, 2.05) is 59.3 Å². The van der Waals surface area contributed by atoms with Crippen LogP contribution in [0.5, 0.6) is 0 Å². The number of fused-ring (bicyclic) bond motifs is 1. The van der Waals surface area contributed by atoms with Crippen molar-refractivity contribution in [2.45, 2.75) is 13.5 Å². The number of aromatic nitrogens is 4. The molecule has 0 saturated carbocycles. The van der Waals surface area contributed by atoms with E-state index in [2.05, 4.69) is 31.7 Å². The summed E-state index contributed by atoms with van der Waals surface area (Å²) in [5, 5.41) is 7.73. The molecule has 0 fully saturated rings. The molecule has 0 spiro atoms. The van der Waals surface area contributed by atoms with Crippen LogP contribution in [0.15, 0.2) is 77.4 Å². The summed E-state index contributed by atoms with van der Waals surface area (Å²) in [5.41, 5.74) is 5.28. The molecule has 0 bridgehead atoms. The molecule has 0 radical (unpaired) electrons. The Labute approximate surface area is 199 Å². The summed E-state index contributed by atoms with van der Waals surface area (Å²) >= 11 is 1.61. The average Bonchev–Trinajstić information content (AvgIpc) is 3.41. The van der Waals surface area contributed by atoms with Crippen molar-refractivity contribution >= 4 is 34.1 Å². The summed E-state index contributed by atoms with van der Waals surface area (Å²) in [6, 6.07) is 14.8. The maximum Gasteiger partial charge on any atom is 0.319 e. The summed E-state index contributed by atoms with van der Waals surface area (Å²) in [6.07, 6.45) is 4.92. The first-order valence-corrected chi connectivity index (χ1v) is 11.7. The normalized spacial score (nSPS) is 11.0. The first-order valence-electron chi connectivity index (χ1n) is 10.8. The van der Waals surface area contributed by atoms with Crippen molar-refractivity contribution in [2.75, 3.05) is 11.9 Å². The standard InChI is InChI=1S/C25H22N6O2S/c1-16-9-13-34-23(16)21-19(17-6-5-10-26-14-17)20-22(24(32)29-15-28-20)31(21)12-11-27-25(33)30-18-7-3-2-4-8-18/h2-10,13-15H,11-12H2,1H3,(H2,27,30,33)(H,28,29,32). The van der Waals surface area contributed by atoms with Crippen LogP contribution in [-0.2, 0) is 6.54 Å². The van der Waals surface area contributed by atoms with E-state index in [1.165, 1.54) is 6.33 Å². The number of carbonyl (C=O) groups excluding carboxylic acids is 1. The lowest BCUT2D eigenvalue weighted by Gasteiger charge is -2.13. The minimum Gasteiger partial charge on any atom is -0.336 e. The fraction of sp³-hybridized carbons (Fsp3) is 0.120. The third kappa shape index (κ3) is 4.08. The first kappa shape index (κ1) is 21.6. The predicted molar refractivity (Wildman–Crippen MR) is 135 cm³/mol. The second kappa shape index (κ2) is 9.32. The highest BCUT2D eigenvalue weighted by molar-refractivity contribution is 7.13. The van der Waals surface area contributed by atoms with Gasteiger partial charge >= 0.3 is 6.03 Å². The zero-order valence-electron chi connectivity index (χ0n) is 18.4. The number of anilines is 1. The summed E-state index contributed by atoms with van der Waals surface area (Å²) in [7, 11) is 0. The number of pyridine rings is 1. The molecule has 1 aromatic carbocycles. The average molecular weight is 471 g/mol. The van der Waals surface area contributed by atoms with Gasteiger partial charge in [0.2, 0.25) is 0 Å². The molecular weight excluding hydrogens is 448 g/mol. The number of H-pyrrole nitrogens is 1. The molecule has 0 aliphatic rings. The number of urea groups is 1. The SMILES string of the molecule is Cc1ccsc1-c1c(-c2cccnc2)c2nc[nH]c(=O)c2n1CCNC(=O)Nc1ccccc1. The van der Waals surface area contributed by atoms with Crippen LogP contribution in [0.3, 0.4) is 0 Å². The van der Waals surface area contributed by atoms with Gasteiger partial charge in [-0.05, 0) is 42.1 Å². The number of amides is 2. The topological polar surface area (TPSA) is 105 Å². The van der Waals surface area contributed by atoms with Crippen LogP contribution in [0, 0.1) is 6.92 Å². The molecular formula is C25H22N6O2S. The third-order valence-corrected chi connectivity index (χ3v) is 6.55. The van der Waals surface area contributed by atoms with Crippen LogP contribution in [0.4, 0.5) is 10.5 Å². The number of benzene rings is 1. The second-order valence-electron chi connectivity index (χ2n) is 7.73. The Kier molecular flexibility index (Phi) is 5.92. The molecule has 4 aromatic heterocycles. The van der Waals surface area contributed by atoms with Gasteiger partial charge in [0.15, 0.2) is 0 Å². The van der Waals surface area contributed by atoms with Crippen molar-refractivity contribution < 1.29 is 4.79 Å². The lowest BCUT2D eigenvalue weighted by atomic mass is 10.0. The van der Waals surface area contributed by atoms with E-state index in [4.69, 9.17) is 0 Å². The van der Waals surface area contributed by atoms with Gasteiger partial charge in [0, 0.05) is 42.3 Å². The fourth-order valence-corrected chi connectivity index (χ4v) is 5.01. The maximum atomic E-state index is 13.0. The van der Waals surface area contributed by atoms with Gasteiger partial charge in [-0.25, -0.2) is 9.78 Å². The number of rotatable bonds is 6. The van der Waals surface area contributed by atoms with E-state index in [-0.39, 0.29) is 11.6 Å². The molecule has 34 heavy (non-hydrogen) atoms. The third-order valence-electron chi connectivity index (χ3n) is 5.52. The van der Waals surface area contributed by atoms with Crippen LogP contribution in [0.1, 0.15) is 5.56 Å². The predicted octanol–water partition coefficient (Wildman–Crippen LogP) is 4.65. The number of aromatic amines is 1. The molecule has 8 nitrogen and oxygen atoms in total. The zero-order valence-corrected chi connectivity index (χ0v) is 19.2. The monoisotopic (exact) mass is 470 g/mol. The molecule has 0 saturated heterocycles. The number of thiophene rings is 1. The van der Waals surface area contributed by atoms with E-state index in [9.17, 15) is 9.59 Å². The summed E-state index contributed by atoms with van der Waals surface area (Å²) in [4.78, 5) is 37.9. The Balaban J connectivity index is 1.56. The summed E-state index contributed by atoms with van der Waals surface area (Å²) < 4.78 is 1.95. The number of hydrogen-bond acceptors (Lipinski definition) is 5. The van der Waals surface area contributed by atoms with E-state index in [1.54, 1.807) is 23.7 Å². The molecule has 170 valence electrons. The summed E-state index contributed by atoms with van der Waals surface area (Å²) in [6.45, 7) is 2.76. The molecule has 4 heterocycles. The smallest absolute Gasteiger partial charge is 0.319 e. The van der Waals surface area contributed by atoms with Crippen LogP contribution in [0.25, 0.3) is 32.7 Å². The lowest BCUT2D eigenvalue weighted by Crippen LogP contribution is -2.31. The molecule has 0 unspecified atom stereocenters. The number of nitrogens with zero attached hydrogens (tertiary/aromatic N) is 3. The highest BCUT2D eigenvalue weighted by Gasteiger charge is 2.24. The fourth-order valence-electron chi connectivity index (χ4n) is 4.02. The minimum absolute atomic E-state index is 0.232. The second-order valence-corrected chi connectivity index (χ2v) is 8.64. The van der Waals surface area contributed by atoms with Gasteiger partial charge in [0.25, 0.3) is 5.56 Å². The van der Waals surface area contributed by atoms with E-state index in [0.29, 0.717) is 29.8 Å². The van der Waals surface area contributed by atoms with Gasteiger partial charge in [0.05, 0.1) is 16.9 Å². The van der Waals surface area contributed by atoms with Crippen molar-refractivity contribution in [3.8, 4) is 21.7 Å². The number of carbonyl (C=O) groups is 1. The Bertz CT molecular complexity index is 1510. The molecule has 3 N–H and O–H groups in total. The number of nitrogens with one attached hydrogen (secondary N) is 3. The molecule has 0 aliphatic heterocycles. The molecule has 9 heteroatoms. The van der Waals surface area contributed by atoms with Gasteiger partial charge in [-0.3, -0.25) is 9.78 Å². The molecule has 5 aromatic rings. The largest absolute Gasteiger partial charge is 0.336 e. The highest BCUT2D eigenvalue weighted by Crippen LogP contribution is 2.41. The Morgan fingerprint density at radius 2 is 2.00 bits per heavy atom. The molecule has 0 atom stereocenters. The molecule has 2 amide bonds. The van der Waals surface area contributed by atoms with Gasteiger partial charge < -0.3 is 20.2 Å². The van der Waals surface area contributed by atoms with Crippen LogP contribution in [0.2, 0.25) is 0 Å². The van der Waals surface area contributed by atoms with Crippen LogP contribution in [-0.4, -0.2) is 32.1 Å². The van der Waals surface area contributed by atoms with Crippen molar-refractivity contribution in [3.63, 3.8) is 0 Å². The van der Waals surface area contributed by atoms with Crippen LogP contribution >= 0.6 is 11.3 Å². The van der Waals surface area contributed by atoms with Crippen molar-refractivity contribution in [2.24, 2.45) is 0 Å². The highest BCUT2D eigenvalue weighted by atomic mass is 32.1. The zero-order chi connectivity index (χ0) is 23.5. The molecule has 0 aliphatic carbocycles. The Morgan fingerprint density at radius 3 is 2.74 bits per heavy atom. The number of aryl methyl sites for hydroxylation is 1. The van der Waals surface area contributed by atoms with E-state index < -0.39 is 0 Å². The lowest BCUT2D eigenvalue weighted by molar-refractivity contribution is 0.251. The van der Waals surface area contributed by atoms with Gasteiger partial charge in [-0.1, -0.05) is 24.3 Å². The Hall–Kier alpha value is -4.24.